The summed E-state index contributed by atoms with van der Waals surface area (Å²) in [5.74, 6) is 0.102. The largest absolute Gasteiger partial charge is 0.451 e. The molecule has 5 nitrogen and oxygen atoms in total. The molecule has 0 aliphatic carbocycles. The molecule has 170 valence electrons. The lowest BCUT2D eigenvalue weighted by Crippen LogP contribution is -2.40. The molecule has 2 heterocycles. The molecular formula is C25H28BrNO4S. The van der Waals surface area contributed by atoms with Crippen LogP contribution in [0, 0.1) is 6.92 Å². The summed E-state index contributed by atoms with van der Waals surface area (Å²) >= 11 is 3.44. The Morgan fingerprint density at radius 1 is 1.16 bits per heavy atom. The lowest BCUT2D eigenvalue weighted by atomic mass is 9.86. The van der Waals surface area contributed by atoms with Gasteiger partial charge in [0.25, 0.3) is 5.91 Å². The van der Waals surface area contributed by atoms with Gasteiger partial charge in [0.05, 0.1) is 11.5 Å². The zero-order valence-corrected chi connectivity index (χ0v) is 21.2. The van der Waals surface area contributed by atoms with Gasteiger partial charge in [-0.1, -0.05) is 61.0 Å². The molecular weight excluding hydrogens is 490 g/mol. The maximum absolute atomic E-state index is 13.7. The fourth-order valence-corrected chi connectivity index (χ4v) is 6.30. The molecule has 2 aromatic carbocycles. The van der Waals surface area contributed by atoms with Crippen molar-refractivity contribution in [2.75, 3.05) is 11.5 Å². The number of furan rings is 1. The second-order valence-corrected chi connectivity index (χ2v) is 12.8. The number of rotatable bonds is 4. The van der Waals surface area contributed by atoms with Crippen LogP contribution in [-0.2, 0) is 21.8 Å². The van der Waals surface area contributed by atoms with E-state index in [2.05, 4.69) is 48.8 Å². The summed E-state index contributed by atoms with van der Waals surface area (Å²) in [5.41, 5.74) is 3.61. The van der Waals surface area contributed by atoms with Crippen molar-refractivity contribution in [2.24, 2.45) is 0 Å². The van der Waals surface area contributed by atoms with Gasteiger partial charge in [0.15, 0.2) is 15.6 Å². The summed E-state index contributed by atoms with van der Waals surface area (Å²) in [4.78, 5) is 15.4. The predicted molar refractivity (Wildman–Crippen MR) is 131 cm³/mol. The Balaban J connectivity index is 1.70. The SMILES string of the molecule is Cc1c(C(=O)N(Cc2ccc(C(C)(C)C)cc2)[C@@H]2CCS(=O)(=O)C2)oc2cc(Br)ccc12. The molecule has 0 unspecified atom stereocenters. The molecule has 1 aromatic heterocycles. The van der Waals surface area contributed by atoms with Gasteiger partial charge in [0, 0.05) is 28.0 Å². The summed E-state index contributed by atoms with van der Waals surface area (Å²) in [6.45, 7) is 8.68. The highest BCUT2D eigenvalue weighted by atomic mass is 79.9. The van der Waals surface area contributed by atoms with E-state index in [1.54, 1.807) is 4.90 Å². The molecule has 4 rings (SSSR count). The van der Waals surface area contributed by atoms with E-state index in [0.717, 1.165) is 21.0 Å². The summed E-state index contributed by atoms with van der Waals surface area (Å²) in [5, 5.41) is 0.880. The first-order valence-electron chi connectivity index (χ1n) is 10.7. The van der Waals surface area contributed by atoms with Crippen LogP contribution in [0.25, 0.3) is 11.0 Å². The number of hydrogen-bond acceptors (Lipinski definition) is 4. The van der Waals surface area contributed by atoms with Crippen LogP contribution in [0.1, 0.15) is 54.4 Å². The normalized spacial score (nSPS) is 18.2. The first-order valence-corrected chi connectivity index (χ1v) is 13.4. The van der Waals surface area contributed by atoms with Gasteiger partial charge >= 0.3 is 0 Å². The van der Waals surface area contributed by atoms with E-state index in [1.165, 1.54) is 5.56 Å². The van der Waals surface area contributed by atoms with Crippen molar-refractivity contribution in [1.82, 2.24) is 4.90 Å². The van der Waals surface area contributed by atoms with Crippen LogP contribution >= 0.6 is 15.9 Å². The van der Waals surface area contributed by atoms with Gasteiger partial charge in [-0.25, -0.2) is 8.42 Å². The molecule has 1 fully saturated rings. The molecule has 0 saturated carbocycles. The monoisotopic (exact) mass is 517 g/mol. The van der Waals surface area contributed by atoms with Gasteiger partial charge in [-0.05, 0) is 48.1 Å². The molecule has 3 aromatic rings. The third kappa shape index (κ3) is 4.64. The van der Waals surface area contributed by atoms with Crippen LogP contribution in [0.5, 0.6) is 0 Å². The van der Waals surface area contributed by atoms with Gasteiger partial charge in [0.2, 0.25) is 0 Å². The Kier molecular flexibility index (Phi) is 6.01. The summed E-state index contributed by atoms with van der Waals surface area (Å²) in [7, 11) is -3.15. The van der Waals surface area contributed by atoms with Crippen LogP contribution < -0.4 is 0 Å². The number of aryl methyl sites for hydroxylation is 1. The Bertz CT molecular complexity index is 1270. The van der Waals surface area contributed by atoms with Crippen molar-refractivity contribution in [1.29, 1.82) is 0 Å². The number of carbonyl (C=O) groups excluding carboxylic acids is 1. The first kappa shape index (κ1) is 23.1. The zero-order chi connectivity index (χ0) is 23.3. The highest BCUT2D eigenvalue weighted by Crippen LogP contribution is 2.31. The van der Waals surface area contributed by atoms with Crippen molar-refractivity contribution in [3.63, 3.8) is 0 Å². The molecule has 1 aliphatic rings. The summed E-state index contributed by atoms with van der Waals surface area (Å²) < 4.78 is 31.2. The van der Waals surface area contributed by atoms with Gasteiger partial charge in [-0.15, -0.1) is 0 Å². The number of halogens is 1. The highest BCUT2D eigenvalue weighted by molar-refractivity contribution is 9.10. The lowest BCUT2D eigenvalue weighted by Gasteiger charge is -2.28. The fourth-order valence-electron chi connectivity index (χ4n) is 4.23. The number of amides is 1. The third-order valence-electron chi connectivity index (χ3n) is 6.18. The molecule has 0 bridgehead atoms. The standard InChI is InChI=1S/C25H28BrNO4S/c1-16-21-10-9-19(26)13-22(21)31-23(16)24(28)27(20-11-12-32(29,30)15-20)14-17-5-7-18(8-6-17)25(2,3)4/h5-10,13,20H,11-12,14-15H2,1-4H3/t20-/m1/s1. The van der Waals surface area contributed by atoms with Crippen molar-refractivity contribution in [3.8, 4) is 0 Å². The van der Waals surface area contributed by atoms with Crippen molar-refractivity contribution < 1.29 is 17.6 Å². The van der Waals surface area contributed by atoms with Crippen molar-refractivity contribution in [2.45, 2.75) is 52.1 Å². The van der Waals surface area contributed by atoms with Gasteiger partial charge in [-0.3, -0.25) is 4.79 Å². The number of hydrogen-bond donors (Lipinski definition) is 0. The van der Waals surface area contributed by atoms with E-state index >= 15 is 0 Å². The summed E-state index contributed by atoms with van der Waals surface area (Å²) in [6.07, 6.45) is 0.443. The van der Waals surface area contributed by atoms with E-state index in [9.17, 15) is 13.2 Å². The second-order valence-electron chi connectivity index (χ2n) is 9.63. The van der Waals surface area contributed by atoms with E-state index in [1.807, 2.05) is 37.3 Å². The van der Waals surface area contributed by atoms with Crippen LogP contribution in [0.4, 0.5) is 0 Å². The average molecular weight is 518 g/mol. The van der Waals surface area contributed by atoms with Crippen molar-refractivity contribution in [3.05, 3.63) is 69.4 Å². The molecule has 0 radical (unpaired) electrons. The number of benzene rings is 2. The molecule has 1 saturated heterocycles. The average Bonchev–Trinajstić information content (AvgIpc) is 3.24. The zero-order valence-electron chi connectivity index (χ0n) is 18.8. The fraction of sp³-hybridized carbons (Fsp3) is 0.400. The molecule has 1 atom stereocenters. The Hall–Kier alpha value is -2.12. The highest BCUT2D eigenvalue weighted by Gasteiger charge is 2.36. The van der Waals surface area contributed by atoms with Gasteiger partial charge in [-0.2, -0.15) is 0 Å². The van der Waals surface area contributed by atoms with E-state index in [-0.39, 0.29) is 34.6 Å². The van der Waals surface area contributed by atoms with Gasteiger partial charge in [0.1, 0.15) is 5.58 Å². The van der Waals surface area contributed by atoms with E-state index in [4.69, 9.17) is 4.42 Å². The molecule has 1 aliphatic heterocycles. The number of nitrogens with zero attached hydrogens (tertiary/aromatic N) is 1. The van der Waals surface area contributed by atoms with Crippen LogP contribution in [0.15, 0.2) is 51.4 Å². The molecule has 0 N–H and O–H groups in total. The summed E-state index contributed by atoms with van der Waals surface area (Å²) in [6, 6.07) is 13.5. The van der Waals surface area contributed by atoms with E-state index < -0.39 is 9.84 Å². The maximum atomic E-state index is 13.7. The topological polar surface area (TPSA) is 67.6 Å². The third-order valence-corrected chi connectivity index (χ3v) is 8.42. The predicted octanol–water partition coefficient (Wildman–Crippen LogP) is 5.63. The smallest absolute Gasteiger partial charge is 0.290 e. The number of carbonyl (C=O) groups is 1. The maximum Gasteiger partial charge on any atom is 0.290 e. The first-order chi connectivity index (χ1) is 14.9. The second kappa shape index (κ2) is 8.34. The van der Waals surface area contributed by atoms with Crippen LogP contribution in [0.3, 0.4) is 0 Å². The molecule has 7 heteroatoms. The van der Waals surface area contributed by atoms with E-state index in [0.29, 0.717) is 18.5 Å². The Labute approximate surface area is 197 Å². The lowest BCUT2D eigenvalue weighted by molar-refractivity contribution is 0.0649. The molecule has 1 amide bonds. The van der Waals surface area contributed by atoms with Gasteiger partial charge < -0.3 is 9.32 Å². The Morgan fingerprint density at radius 3 is 2.44 bits per heavy atom. The minimum Gasteiger partial charge on any atom is -0.451 e. The molecule has 0 spiro atoms. The van der Waals surface area contributed by atoms with Crippen molar-refractivity contribution >= 4 is 42.6 Å². The minimum atomic E-state index is -3.15. The molecule has 32 heavy (non-hydrogen) atoms. The van der Waals surface area contributed by atoms with Crippen LogP contribution in [0.2, 0.25) is 0 Å². The quantitative estimate of drug-likeness (QED) is 0.449. The number of fused-ring (bicyclic) bond motifs is 1. The number of sulfone groups is 1. The van der Waals surface area contributed by atoms with Crippen LogP contribution in [-0.4, -0.2) is 36.8 Å². The Morgan fingerprint density at radius 2 is 1.84 bits per heavy atom. The minimum absolute atomic E-state index is 0.0103.